The van der Waals surface area contributed by atoms with Crippen molar-refractivity contribution in [3.8, 4) is 5.75 Å². The molecule has 1 aliphatic rings. The van der Waals surface area contributed by atoms with Gasteiger partial charge >= 0.3 is 0 Å². The first-order valence-corrected chi connectivity index (χ1v) is 12.3. The number of rotatable bonds is 9. The zero-order valence-corrected chi connectivity index (χ0v) is 18.6. The fourth-order valence-electron chi connectivity index (χ4n) is 3.69. The molecule has 3 rings (SSSR count). The van der Waals surface area contributed by atoms with Crippen molar-refractivity contribution in [1.29, 1.82) is 0 Å². The SMILES string of the molecule is CS(=O)(=O)N(CC(=O)N/N=C/c1ccccc1OCc1ccccc1)C1CCCCC1. The van der Waals surface area contributed by atoms with E-state index in [1.807, 2.05) is 54.6 Å². The number of benzene rings is 2. The normalized spacial score (nSPS) is 15.3. The molecule has 166 valence electrons. The van der Waals surface area contributed by atoms with E-state index in [2.05, 4.69) is 10.5 Å². The van der Waals surface area contributed by atoms with Crippen LogP contribution in [0.3, 0.4) is 0 Å². The number of nitrogens with one attached hydrogen (secondary N) is 1. The van der Waals surface area contributed by atoms with Crippen LogP contribution in [0.25, 0.3) is 0 Å². The highest BCUT2D eigenvalue weighted by molar-refractivity contribution is 7.88. The summed E-state index contributed by atoms with van der Waals surface area (Å²) in [6.07, 6.45) is 7.30. The minimum absolute atomic E-state index is 0.120. The smallest absolute Gasteiger partial charge is 0.255 e. The summed E-state index contributed by atoms with van der Waals surface area (Å²) in [5.41, 5.74) is 4.20. The summed E-state index contributed by atoms with van der Waals surface area (Å²) in [4.78, 5) is 12.4. The predicted molar refractivity (Wildman–Crippen MR) is 121 cm³/mol. The maximum absolute atomic E-state index is 12.4. The van der Waals surface area contributed by atoms with Crippen molar-refractivity contribution >= 4 is 22.1 Å². The Morgan fingerprint density at radius 2 is 1.77 bits per heavy atom. The third kappa shape index (κ3) is 7.18. The van der Waals surface area contributed by atoms with Gasteiger partial charge in [-0.2, -0.15) is 9.41 Å². The Morgan fingerprint density at radius 3 is 2.48 bits per heavy atom. The number of ether oxygens (including phenoxy) is 1. The van der Waals surface area contributed by atoms with Crippen LogP contribution in [-0.2, 0) is 21.4 Å². The van der Waals surface area contributed by atoms with Gasteiger partial charge in [-0.25, -0.2) is 13.8 Å². The van der Waals surface area contributed by atoms with Gasteiger partial charge in [0, 0.05) is 11.6 Å². The minimum Gasteiger partial charge on any atom is -0.488 e. The van der Waals surface area contributed by atoms with E-state index in [-0.39, 0.29) is 12.6 Å². The fraction of sp³-hybridized carbons (Fsp3) is 0.391. The average Bonchev–Trinajstić information content (AvgIpc) is 2.77. The third-order valence-electron chi connectivity index (χ3n) is 5.26. The second-order valence-electron chi connectivity index (χ2n) is 7.71. The number of nitrogens with zero attached hydrogens (tertiary/aromatic N) is 2. The Kier molecular flexibility index (Phi) is 8.20. The molecule has 0 heterocycles. The Balaban J connectivity index is 1.58. The largest absolute Gasteiger partial charge is 0.488 e. The Morgan fingerprint density at radius 1 is 1.10 bits per heavy atom. The van der Waals surface area contributed by atoms with E-state index in [0.717, 1.165) is 43.9 Å². The summed E-state index contributed by atoms with van der Waals surface area (Å²) in [7, 11) is -3.48. The summed E-state index contributed by atoms with van der Waals surface area (Å²) in [5.74, 6) is 0.180. The van der Waals surface area contributed by atoms with Crippen molar-refractivity contribution in [2.75, 3.05) is 12.8 Å². The van der Waals surface area contributed by atoms with Gasteiger partial charge in [0.1, 0.15) is 12.4 Å². The third-order valence-corrected chi connectivity index (χ3v) is 6.54. The maximum Gasteiger partial charge on any atom is 0.255 e. The number of carbonyl (C=O) groups is 1. The summed E-state index contributed by atoms with van der Waals surface area (Å²) < 4.78 is 31.5. The maximum atomic E-state index is 12.4. The highest BCUT2D eigenvalue weighted by Gasteiger charge is 2.29. The van der Waals surface area contributed by atoms with E-state index in [9.17, 15) is 13.2 Å². The van der Waals surface area contributed by atoms with Crippen LogP contribution in [0, 0.1) is 0 Å². The first kappa shape index (κ1) is 23.0. The van der Waals surface area contributed by atoms with Crippen molar-refractivity contribution in [3.05, 3.63) is 65.7 Å². The number of para-hydroxylation sites is 1. The Hall–Kier alpha value is -2.71. The van der Waals surface area contributed by atoms with Gasteiger partial charge in [-0.05, 0) is 30.5 Å². The second-order valence-corrected chi connectivity index (χ2v) is 9.64. The van der Waals surface area contributed by atoms with Crippen LogP contribution in [-0.4, -0.2) is 43.7 Å². The molecular weight excluding hydrogens is 414 g/mol. The molecule has 8 heteroatoms. The van der Waals surface area contributed by atoms with Crippen LogP contribution in [0.4, 0.5) is 0 Å². The number of hydrazone groups is 1. The minimum atomic E-state index is -3.48. The van der Waals surface area contributed by atoms with Crippen LogP contribution in [0.2, 0.25) is 0 Å². The van der Waals surface area contributed by atoms with Crippen molar-refractivity contribution in [2.24, 2.45) is 5.10 Å². The zero-order chi connectivity index (χ0) is 22.1. The van der Waals surface area contributed by atoms with Gasteiger partial charge in [-0.15, -0.1) is 0 Å². The molecule has 0 bridgehead atoms. The molecule has 1 amide bonds. The molecule has 1 fully saturated rings. The Bertz CT molecular complexity index is 987. The first-order valence-electron chi connectivity index (χ1n) is 10.5. The van der Waals surface area contributed by atoms with Crippen LogP contribution in [0.1, 0.15) is 43.2 Å². The summed E-state index contributed by atoms with van der Waals surface area (Å²) >= 11 is 0. The first-order chi connectivity index (χ1) is 14.9. The number of sulfonamides is 1. The van der Waals surface area contributed by atoms with E-state index in [1.54, 1.807) is 0 Å². The molecule has 1 N–H and O–H groups in total. The average molecular weight is 444 g/mol. The van der Waals surface area contributed by atoms with Gasteiger partial charge in [0.15, 0.2) is 0 Å². The molecular formula is C23H29N3O4S. The quantitative estimate of drug-likeness (QED) is 0.476. The lowest BCUT2D eigenvalue weighted by molar-refractivity contribution is -0.121. The number of hydrogen-bond acceptors (Lipinski definition) is 5. The molecule has 31 heavy (non-hydrogen) atoms. The molecule has 1 saturated carbocycles. The number of amides is 1. The van der Waals surface area contributed by atoms with Crippen molar-refractivity contribution in [3.63, 3.8) is 0 Å². The van der Waals surface area contributed by atoms with E-state index in [0.29, 0.717) is 17.9 Å². The van der Waals surface area contributed by atoms with E-state index in [4.69, 9.17) is 4.74 Å². The molecule has 2 aromatic rings. The molecule has 0 radical (unpaired) electrons. The van der Waals surface area contributed by atoms with Gasteiger partial charge in [-0.1, -0.05) is 61.7 Å². The topological polar surface area (TPSA) is 88.1 Å². The van der Waals surface area contributed by atoms with Crippen molar-refractivity contribution in [1.82, 2.24) is 9.73 Å². The van der Waals surface area contributed by atoms with Crippen molar-refractivity contribution in [2.45, 2.75) is 44.8 Å². The predicted octanol–water partition coefficient (Wildman–Crippen LogP) is 3.31. The van der Waals surface area contributed by atoms with Crippen LogP contribution in [0.5, 0.6) is 5.75 Å². The van der Waals surface area contributed by atoms with E-state index >= 15 is 0 Å². The molecule has 0 saturated heterocycles. The van der Waals surface area contributed by atoms with E-state index < -0.39 is 15.9 Å². The van der Waals surface area contributed by atoms with Gasteiger partial charge in [0.05, 0.1) is 19.0 Å². The highest BCUT2D eigenvalue weighted by atomic mass is 32.2. The van der Waals surface area contributed by atoms with Gasteiger partial charge < -0.3 is 4.74 Å². The van der Waals surface area contributed by atoms with Crippen LogP contribution in [0.15, 0.2) is 59.7 Å². The van der Waals surface area contributed by atoms with Crippen molar-refractivity contribution < 1.29 is 17.9 Å². The Labute approximate surface area is 184 Å². The van der Waals surface area contributed by atoms with Crippen LogP contribution >= 0.6 is 0 Å². The fourth-order valence-corrected chi connectivity index (χ4v) is 4.79. The molecule has 0 aliphatic heterocycles. The molecule has 0 unspecified atom stereocenters. The molecule has 0 aromatic heterocycles. The second kappa shape index (κ2) is 11.1. The monoisotopic (exact) mass is 443 g/mol. The number of hydrogen-bond donors (Lipinski definition) is 1. The van der Waals surface area contributed by atoms with Gasteiger partial charge in [0.2, 0.25) is 10.0 Å². The highest BCUT2D eigenvalue weighted by Crippen LogP contribution is 2.24. The van der Waals surface area contributed by atoms with E-state index in [1.165, 1.54) is 10.5 Å². The lowest BCUT2D eigenvalue weighted by atomic mass is 9.95. The van der Waals surface area contributed by atoms with Gasteiger partial charge in [-0.3, -0.25) is 4.79 Å². The lowest BCUT2D eigenvalue weighted by Crippen LogP contribution is -2.45. The summed E-state index contributed by atoms with van der Waals surface area (Å²) in [6, 6.07) is 17.1. The molecule has 7 nitrogen and oxygen atoms in total. The lowest BCUT2D eigenvalue weighted by Gasteiger charge is -2.31. The van der Waals surface area contributed by atoms with Gasteiger partial charge in [0.25, 0.3) is 5.91 Å². The standard InChI is InChI=1S/C23H29N3O4S/c1-31(28,29)26(21-13-6-3-7-14-21)17-23(27)25-24-16-20-12-8-9-15-22(20)30-18-19-10-4-2-5-11-19/h2,4-5,8-12,15-16,21H,3,6-7,13-14,17-18H2,1H3,(H,25,27)/b24-16+. The zero-order valence-electron chi connectivity index (χ0n) is 17.7. The summed E-state index contributed by atoms with van der Waals surface area (Å²) in [5, 5.41) is 4.01. The molecule has 2 aromatic carbocycles. The van der Waals surface area contributed by atoms with Crippen LogP contribution < -0.4 is 10.2 Å². The molecule has 0 spiro atoms. The number of carbonyl (C=O) groups excluding carboxylic acids is 1. The summed E-state index contributed by atoms with van der Waals surface area (Å²) in [6.45, 7) is 0.190. The molecule has 1 aliphatic carbocycles. The molecule has 0 atom stereocenters.